The average molecular weight is 300 g/mol. The molecule has 2 rings (SSSR count). The zero-order chi connectivity index (χ0) is 14.8. The molecular formula is C13H20N2O4S. The van der Waals surface area contributed by atoms with Gasteiger partial charge in [-0.2, -0.15) is 0 Å². The summed E-state index contributed by atoms with van der Waals surface area (Å²) in [4.78, 5) is 0.0103. The largest absolute Gasteiger partial charge is 0.497 e. The quantitative estimate of drug-likeness (QED) is 0.716. The molecule has 0 aromatic heterocycles. The van der Waals surface area contributed by atoms with Crippen LogP contribution < -0.4 is 15.2 Å². The van der Waals surface area contributed by atoms with E-state index in [4.69, 9.17) is 10.5 Å². The second kappa shape index (κ2) is 5.99. The molecule has 112 valence electrons. The van der Waals surface area contributed by atoms with Gasteiger partial charge in [0.1, 0.15) is 10.6 Å². The summed E-state index contributed by atoms with van der Waals surface area (Å²) in [7, 11) is -2.25. The Kier molecular flexibility index (Phi) is 4.52. The van der Waals surface area contributed by atoms with E-state index in [0.717, 1.165) is 12.8 Å². The fourth-order valence-electron chi connectivity index (χ4n) is 2.41. The van der Waals surface area contributed by atoms with Crippen molar-refractivity contribution >= 4 is 15.7 Å². The van der Waals surface area contributed by atoms with Gasteiger partial charge in [0.05, 0.1) is 18.9 Å². The highest BCUT2D eigenvalue weighted by atomic mass is 32.2. The number of methoxy groups -OCH3 is 1. The fourth-order valence-corrected chi connectivity index (χ4v) is 3.83. The number of hydrogen-bond acceptors (Lipinski definition) is 5. The molecule has 1 saturated carbocycles. The van der Waals surface area contributed by atoms with Gasteiger partial charge in [-0.15, -0.1) is 0 Å². The van der Waals surface area contributed by atoms with Crippen molar-refractivity contribution in [3.05, 3.63) is 18.2 Å². The van der Waals surface area contributed by atoms with Crippen molar-refractivity contribution in [3.63, 3.8) is 0 Å². The number of ether oxygens (including phenoxy) is 1. The van der Waals surface area contributed by atoms with Crippen molar-refractivity contribution in [2.24, 2.45) is 0 Å². The summed E-state index contributed by atoms with van der Waals surface area (Å²) in [5, 5.41) is 9.85. The maximum absolute atomic E-state index is 12.3. The van der Waals surface area contributed by atoms with Crippen LogP contribution in [-0.2, 0) is 10.0 Å². The minimum atomic E-state index is -3.74. The molecular weight excluding hydrogens is 280 g/mol. The van der Waals surface area contributed by atoms with Gasteiger partial charge in [0.2, 0.25) is 10.0 Å². The Morgan fingerprint density at radius 2 is 2.05 bits per heavy atom. The first-order valence-electron chi connectivity index (χ1n) is 6.58. The van der Waals surface area contributed by atoms with Crippen molar-refractivity contribution in [1.29, 1.82) is 0 Å². The monoisotopic (exact) mass is 300 g/mol. The molecule has 20 heavy (non-hydrogen) atoms. The van der Waals surface area contributed by atoms with E-state index < -0.39 is 22.2 Å². The Morgan fingerprint density at radius 3 is 2.65 bits per heavy atom. The molecule has 0 unspecified atom stereocenters. The van der Waals surface area contributed by atoms with Crippen LogP contribution in [0.3, 0.4) is 0 Å². The third kappa shape index (κ3) is 3.23. The van der Waals surface area contributed by atoms with E-state index in [9.17, 15) is 13.5 Å². The van der Waals surface area contributed by atoms with Crippen molar-refractivity contribution in [2.75, 3.05) is 12.8 Å². The van der Waals surface area contributed by atoms with Crippen LogP contribution in [0.1, 0.15) is 25.7 Å². The molecule has 0 spiro atoms. The van der Waals surface area contributed by atoms with Gasteiger partial charge in [0.15, 0.2) is 0 Å². The Labute approximate surface area is 119 Å². The molecule has 0 amide bonds. The van der Waals surface area contributed by atoms with Gasteiger partial charge in [0, 0.05) is 12.1 Å². The molecule has 1 aliphatic rings. The van der Waals surface area contributed by atoms with Crippen LogP contribution in [0.15, 0.2) is 23.1 Å². The maximum Gasteiger partial charge on any atom is 0.242 e. The minimum Gasteiger partial charge on any atom is -0.497 e. The van der Waals surface area contributed by atoms with Crippen LogP contribution in [0, 0.1) is 0 Å². The highest BCUT2D eigenvalue weighted by Gasteiger charge is 2.29. The summed E-state index contributed by atoms with van der Waals surface area (Å²) in [6.45, 7) is 0. The third-order valence-electron chi connectivity index (χ3n) is 3.54. The number of rotatable bonds is 4. The topological polar surface area (TPSA) is 102 Å². The van der Waals surface area contributed by atoms with Crippen molar-refractivity contribution in [2.45, 2.75) is 42.7 Å². The number of nitrogens with two attached hydrogens (primary N) is 1. The van der Waals surface area contributed by atoms with Gasteiger partial charge in [-0.25, -0.2) is 13.1 Å². The number of sulfonamides is 1. The highest BCUT2D eigenvalue weighted by Crippen LogP contribution is 2.25. The van der Waals surface area contributed by atoms with Crippen LogP contribution >= 0.6 is 0 Å². The van der Waals surface area contributed by atoms with E-state index in [2.05, 4.69) is 4.72 Å². The molecule has 0 aliphatic heterocycles. The first-order valence-corrected chi connectivity index (χ1v) is 8.06. The molecule has 1 aliphatic carbocycles. The molecule has 0 radical (unpaired) electrons. The Hall–Kier alpha value is -1.31. The van der Waals surface area contributed by atoms with Crippen molar-refractivity contribution < 1.29 is 18.3 Å². The smallest absolute Gasteiger partial charge is 0.242 e. The van der Waals surface area contributed by atoms with E-state index >= 15 is 0 Å². The molecule has 0 bridgehead atoms. The van der Waals surface area contributed by atoms with E-state index in [1.165, 1.54) is 19.2 Å². The zero-order valence-electron chi connectivity index (χ0n) is 11.4. The number of anilines is 1. The lowest BCUT2D eigenvalue weighted by molar-refractivity contribution is 0.101. The number of aliphatic hydroxyl groups excluding tert-OH is 1. The van der Waals surface area contributed by atoms with E-state index in [-0.39, 0.29) is 10.6 Å². The minimum absolute atomic E-state index is 0.0103. The summed E-state index contributed by atoms with van der Waals surface area (Å²) in [6.07, 6.45) is 2.44. The molecule has 0 heterocycles. The molecule has 4 N–H and O–H groups in total. The summed E-state index contributed by atoms with van der Waals surface area (Å²) in [6, 6.07) is 3.97. The lowest BCUT2D eigenvalue weighted by atomic mass is 9.93. The van der Waals surface area contributed by atoms with E-state index in [1.807, 2.05) is 0 Å². The number of nitrogen functional groups attached to an aromatic ring is 1. The van der Waals surface area contributed by atoms with Gasteiger partial charge < -0.3 is 15.6 Å². The van der Waals surface area contributed by atoms with Crippen LogP contribution in [0.25, 0.3) is 0 Å². The van der Waals surface area contributed by atoms with Gasteiger partial charge >= 0.3 is 0 Å². The second-order valence-corrected chi connectivity index (χ2v) is 6.67. The Bertz CT molecular complexity index is 574. The van der Waals surface area contributed by atoms with Crippen LogP contribution in [0.2, 0.25) is 0 Å². The fraction of sp³-hybridized carbons (Fsp3) is 0.538. The average Bonchev–Trinajstić information content (AvgIpc) is 2.40. The van der Waals surface area contributed by atoms with Gasteiger partial charge in [0.25, 0.3) is 0 Å². The first-order chi connectivity index (χ1) is 9.44. The number of hydrogen-bond donors (Lipinski definition) is 3. The molecule has 2 atom stereocenters. The normalized spacial score (nSPS) is 23.5. The molecule has 1 fully saturated rings. The van der Waals surface area contributed by atoms with Gasteiger partial charge in [-0.05, 0) is 25.0 Å². The van der Waals surface area contributed by atoms with E-state index in [0.29, 0.717) is 18.6 Å². The zero-order valence-corrected chi connectivity index (χ0v) is 12.2. The maximum atomic E-state index is 12.3. The number of nitrogens with one attached hydrogen (secondary N) is 1. The molecule has 1 aromatic carbocycles. The highest BCUT2D eigenvalue weighted by molar-refractivity contribution is 7.89. The first kappa shape index (κ1) is 15.1. The predicted molar refractivity (Wildman–Crippen MR) is 76.0 cm³/mol. The standard InChI is InChI=1S/C13H20N2O4S/c1-19-9-6-7-13(10(14)8-9)20(17,18)15-11-4-2-3-5-12(11)16/h6-8,11-12,15-16H,2-5,14H2,1H3/t11-,12-/m0/s1. The second-order valence-electron chi connectivity index (χ2n) is 4.98. The van der Waals surface area contributed by atoms with Crippen molar-refractivity contribution in [1.82, 2.24) is 4.72 Å². The number of benzene rings is 1. The molecule has 1 aromatic rings. The van der Waals surface area contributed by atoms with E-state index in [1.54, 1.807) is 6.07 Å². The molecule has 7 heteroatoms. The summed E-state index contributed by atoms with van der Waals surface area (Å²) >= 11 is 0. The third-order valence-corrected chi connectivity index (χ3v) is 5.11. The summed E-state index contributed by atoms with van der Waals surface area (Å²) < 4.78 is 32.2. The molecule has 0 saturated heterocycles. The summed E-state index contributed by atoms with van der Waals surface area (Å²) in [5.41, 5.74) is 5.89. The predicted octanol–water partition coefficient (Wildman–Crippen LogP) is 0.859. The summed E-state index contributed by atoms with van der Waals surface area (Å²) in [5.74, 6) is 0.499. The van der Waals surface area contributed by atoms with Gasteiger partial charge in [-0.1, -0.05) is 12.8 Å². The van der Waals surface area contributed by atoms with Crippen molar-refractivity contribution in [3.8, 4) is 5.75 Å². The SMILES string of the molecule is COc1ccc(S(=O)(=O)N[C@H]2CCCC[C@@H]2O)c(N)c1. The van der Waals surface area contributed by atoms with Gasteiger partial charge in [-0.3, -0.25) is 0 Å². The van der Waals surface area contributed by atoms with Crippen LogP contribution in [-0.4, -0.2) is 32.8 Å². The lowest BCUT2D eigenvalue weighted by Gasteiger charge is -2.28. The number of aliphatic hydroxyl groups is 1. The van der Waals surface area contributed by atoms with Crippen LogP contribution in [0.5, 0.6) is 5.75 Å². The molecule has 6 nitrogen and oxygen atoms in total. The Balaban J connectivity index is 2.21. The van der Waals surface area contributed by atoms with Crippen LogP contribution in [0.4, 0.5) is 5.69 Å². The lowest BCUT2D eigenvalue weighted by Crippen LogP contribution is -2.45. The Morgan fingerprint density at radius 1 is 1.35 bits per heavy atom.